The highest BCUT2D eigenvalue weighted by Gasteiger charge is 2.22. The molecule has 0 aliphatic carbocycles. The minimum Gasteiger partial charge on any atom is -0.314 e. The molecule has 1 heterocycles. The molecule has 1 N–H and O–H groups in total. The smallest absolute Gasteiger partial charge is 0.0641 e. The van der Waals surface area contributed by atoms with E-state index < -0.39 is 0 Å². The van der Waals surface area contributed by atoms with E-state index in [1.807, 2.05) is 0 Å². The first-order valence-electron chi connectivity index (χ1n) is 6.20. The summed E-state index contributed by atoms with van der Waals surface area (Å²) in [4.78, 5) is 2.42. The van der Waals surface area contributed by atoms with Gasteiger partial charge >= 0.3 is 0 Å². The third-order valence-corrected chi connectivity index (χ3v) is 3.42. The molecule has 1 aliphatic rings. The number of nitrogens with zero attached hydrogens (tertiary/aromatic N) is 2. The second kappa shape index (κ2) is 5.81. The Kier molecular flexibility index (Phi) is 4.13. The zero-order chi connectivity index (χ0) is 12.1. The van der Waals surface area contributed by atoms with Gasteiger partial charge in [0.2, 0.25) is 0 Å². The average Bonchev–Trinajstić information content (AvgIpc) is 2.38. The number of hydrogen-bond donors (Lipinski definition) is 1. The van der Waals surface area contributed by atoms with Gasteiger partial charge in [0.15, 0.2) is 0 Å². The van der Waals surface area contributed by atoms with Crippen molar-refractivity contribution in [2.75, 3.05) is 26.2 Å². The Morgan fingerprint density at radius 2 is 2.06 bits per heavy atom. The monoisotopic (exact) mass is 229 g/mol. The zero-order valence-corrected chi connectivity index (χ0v) is 10.3. The van der Waals surface area contributed by atoms with E-state index in [9.17, 15) is 0 Å². The predicted molar refractivity (Wildman–Crippen MR) is 68.6 cm³/mol. The van der Waals surface area contributed by atoms with E-state index in [2.05, 4.69) is 47.5 Å². The van der Waals surface area contributed by atoms with Crippen LogP contribution in [0, 0.1) is 18.3 Å². The first-order valence-corrected chi connectivity index (χ1v) is 6.20. The van der Waals surface area contributed by atoms with Crippen molar-refractivity contribution in [2.45, 2.75) is 19.4 Å². The molecule has 1 aliphatic heterocycles. The van der Waals surface area contributed by atoms with Gasteiger partial charge in [-0.3, -0.25) is 4.90 Å². The van der Waals surface area contributed by atoms with Crippen LogP contribution < -0.4 is 5.32 Å². The lowest BCUT2D eigenvalue weighted by Crippen LogP contribution is -2.45. The maximum atomic E-state index is 9.03. The minimum atomic E-state index is 0.253. The second-order valence-electron chi connectivity index (χ2n) is 4.52. The lowest BCUT2D eigenvalue weighted by Gasteiger charge is -2.34. The quantitative estimate of drug-likeness (QED) is 0.860. The molecule has 90 valence electrons. The van der Waals surface area contributed by atoms with E-state index in [0.717, 1.165) is 26.2 Å². The van der Waals surface area contributed by atoms with E-state index in [4.69, 9.17) is 5.26 Å². The summed E-state index contributed by atoms with van der Waals surface area (Å²) in [5.74, 6) is 0. The summed E-state index contributed by atoms with van der Waals surface area (Å²) in [7, 11) is 0. The zero-order valence-electron chi connectivity index (χ0n) is 10.3. The summed E-state index contributed by atoms with van der Waals surface area (Å²) in [6, 6.07) is 11.0. The van der Waals surface area contributed by atoms with Crippen LogP contribution in [0.1, 0.15) is 23.6 Å². The van der Waals surface area contributed by atoms with Crippen molar-refractivity contribution in [1.29, 1.82) is 5.26 Å². The van der Waals surface area contributed by atoms with Crippen molar-refractivity contribution in [3.63, 3.8) is 0 Å². The largest absolute Gasteiger partial charge is 0.314 e. The number of nitriles is 1. The lowest BCUT2D eigenvalue weighted by molar-refractivity contribution is 0.175. The Hall–Kier alpha value is -1.37. The first kappa shape index (κ1) is 12.1. The summed E-state index contributed by atoms with van der Waals surface area (Å²) in [5.41, 5.74) is 2.59. The average molecular weight is 229 g/mol. The van der Waals surface area contributed by atoms with E-state index >= 15 is 0 Å². The third-order valence-electron chi connectivity index (χ3n) is 3.42. The Balaban J connectivity index is 2.22. The van der Waals surface area contributed by atoms with Crippen molar-refractivity contribution in [2.24, 2.45) is 0 Å². The van der Waals surface area contributed by atoms with Crippen LogP contribution in [0.3, 0.4) is 0 Å². The molecule has 0 saturated carbocycles. The number of nitrogens with one attached hydrogen (secondary N) is 1. The molecule has 0 amide bonds. The maximum Gasteiger partial charge on any atom is 0.0641 e. The number of hydrogen-bond acceptors (Lipinski definition) is 3. The van der Waals surface area contributed by atoms with Gasteiger partial charge in [-0.1, -0.05) is 24.3 Å². The van der Waals surface area contributed by atoms with E-state index in [1.54, 1.807) is 0 Å². The molecule has 17 heavy (non-hydrogen) atoms. The number of aryl methyl sites for hydroxylation is 1. The topological polar surface area (TPSA) is 39.1 Å². The van der Waals surface area contributed by atoms with Gasteiger partial charge in [0, 0.05) is 32.2 Å². The van der Waals surface area contributed by atoms with Crippen LogP contribution >= 0.6 is 0 Å². The highest BCUT2D eigenvalue weighted by atomic mass is 15.2. The van der Waals surface area contributed by atoms with Gasteiger partial charge < -0.3 is 5.32 Å². The SMILES string of the molecule is Cc1ccccc1[C@@H](CC#N)N1CCNCC1. The number of piperazine rings is 1. The third kappa shape index (κ3) is 2.85. The van der Waals surface area contributed by atoms with Gasteiger partial charge in [-0.05, 0) is 18.1 Å². The van der Waals surface area contributed by atoms with Crippen LogP contribution in [0.2, 0.25) is 0 Å². The molecule has 0 spiro atoms. The Bertz CT molecular complexity index is 402. The van der Waals surface area contributed by atoms with Crippen LogP contribution in [-0.4, -0.2) is 31.1 Å². The van der Waals surface area contributed by atoms with Gasteiger partial charge in [0.1, 0.15) is 0 Å². The molecule has 1 aromatic rings. The van der Waals surface area contributed by atoms with Gasteiger partial charge in [-0.25, -0.2) is 0 Å². The molecule has 0 bridgehead atoms. The lowest BCUT2D eigenvalue weighted by atomic mass is 9.97. The van der Waals surface area contributed by atoms with E-state index in [-0.39, 0.29) is 6.04 Å². The van der Waals surface area contributed by atoms with Crippen LogP contribution in [-0.2, 0) is 0 Å². The molecule has 0 unspecified atom stereocenters. The van der Waals surface area contributed by atoms with Crippen LogP contribution in [0.4, 0.5) is 0 Å². The second-order valence-corrected chi connectivity index (χ2v) is 4.52. The van der Waals surface area contributed by atoms with Crippen molar-refractivity contribution in [3.05, 3.63) is 35.4 Å². The standard InChI is InChI=1S/C14H19N3/c1-12-4-2-3-5-13(12)14(6-7-15)17-10-8-16-9-11-17/h2-5,14,16H,6,8-11H2,1H3/t14-/m1/s1. The fourth-order valence-electron chi connectivity index (χ4n) is 2.48. The Morgan fingerprint density at radius 1 is 1.35 bits per heavy atom. The van der Waals surface area contributed by atoms with Crippen molar-refractivity contribution >= 4 is 0 Å². The van der Waals surface area contributed by atoms with Crippen molar-refractivity contribution in [1.82, 2.24) is 10.2 Å². The molecule has 1 atom stereocenters. The predicted octanol–water partition coefficient (Wildman–Crippen LogP) is 1.85. The van der Waals surface area contributed by atoms with E-state index in [0.29, 0.717) is 6.42 Å². The highest BCUT2D eigenvalue weighted by molar-refractivity contribution is 5.29. The fourth-order valence-corrected chi connectivity index (χ4v) is 2.48. The number of benzene rings is 1. The van der Waals surface area contributed by atoms with Gasteiger partial charge in [0.05, 0.1) is 12.5 Å². The van der Waals surface area contributed by atoms with Gasteiger partial charge in [-0.2, -0.15) is 5.26 Å². The summed E-state index contributed by atoms with van der Waals surface area (Å²) in [6.07, 6.45) is 0.574. The first-order chi connectivity index (χ1) is 8.33. The molecule has 3 heteroatoms. The van der Waals surface area contributed by atoms with Crippen LogP contribution in [0.5, 0.6) is 0 Å². The summed E-state index contributed by atoms with van der Waals surface area (Å²) in [6.45, 7) is 6.23. The molecule has 1 aromatic carbocycles. The molecule has 2 rings (SSSR count). The van der Waals surface area contributed by atoms with Crippen LogP contribution in [0.15, 0.2) is 24.3 Å². The molecule has 0 radical (unpaired) electrons. The van der Waals surface area contributed by atoms with E-state index in [1.165, 1.54) is 11.1 Å². The molecular formula is C14H19N3. The fraction of sp³-hybridized carbons (Fsp3) is 0.500. The summed E-state index contributed by atoms with van der Waals surface area (Å²) < 4.78 is 0. The molecule has 0 aromatic heterocycles. The molecule has 1 saturated heterocycles. The summed E-state index contributed by atoms with van der Waals surface area (Å²) in [5, 5.41) is 12.4. The van der Waals surface area contributed by atoms with Crippen molar-refractivity contribution in [3.8, 4) is 6.07 Å². The number of rotatable bonds is 3. The summed E-state index contributed by atoms with van der Waals surface area (Å²) >= 11 is 0. The molecule has 3 nitrogen and oxygen atoms in total. The Labute approximate surface area is 103 Å². The maximum absolute atomic E-state index is 9.03. The highest BCUT2D eigenvalue weighted by Crippen LogP contribution is 2.26. The van der Waals surface area contributed by atoms with Crippen molar-refractivity contribution < 1.29 is 0 Å². The molecule has 1 fully saturated rings. The van der Waals surface area contributed by atoms with Gasteiger partial charge in [0.25, 0.3) is 0 Å². The minimum absolute atomic E-state index is 0.253. The molecular weight excluding hydrogens is 210 g/mol. The van der Waals surface area contributed by atoms with Gasteiger partial charge in [-0.15, -0.1) is 0 Å². The normalized spacial score (nSPS) is 18.6. The Morgan fingerprint density at radius 3 is 2.71 bits per heavy atom. The van der Waals surface area contributed by atoms with Crippen LogP contribution in [0.25, 0.3) is 0 Å².